The van der Waals surface area contributed by atoms with E-state index in [-0.39, 0.29) is 24.4 Å². The van der Waals surface area contributed by atoms with Gasteiger partial charge in [-0.2, -0.15) is 0 Å². The van der Waals surface area contributed by atoms with Crippen molar-refractivity contribution in [3.63, 3.8) is 0 Å². The van der Waals surface area contributed by atoms with Gasteiger partial charge in [-0.15, -0.1) is 12.4 Å². The number of nitrogens with one attached hydrogen (secondary N) is 1. The molecule has 1 unspecified atom stereocenters. The van der Waals surface area contributed by atoms with Crippen molar-refractivity contribution in [2.24, 2.45) is 5.73 Å². The van der Waals surface area contributed by atoms with Crippen LogP contribution >= 0.6 is 12.4 Å². The van der Waals surface area contributed by atoms with Gasteiger partial charge in [0.05, 0.1) is 12.1 Å². The molecule has 0 saturated heterocycles. The molecular formula is C13H19ClN2O2. The standard InChI is InChI=1S/C13H18N2O2.ClH/c1-7-4-5-10-11(15-13(16)9(3)14)6-17-12(10)8(7)2;/h4-5,9,11H,6,14H2,1-3H3,(H,15,16);1H/t9-,11?;/m1./s1. The second kappa shape index (κ2) is 5.59. The van der Waals surface area contributed by atoms with Crippen LogP contribution in [0.2, 0.25) is 0 Å². The van der Waals surface area contributed by atoms with Crippen LogP contribution in [0.15, 0.2) is 12.1 Å². The minimum absolute atomic E-state index is 0. The van der Waals surface area contributed by atoms with E-state index in [1.165, 1.54) is 5.56 Å². The minimum Gasteiger partial charge on any atom is -0.490 e. The summed E-state index contributed by atoms with van der Waals surface area (Å²) in [5, 5.41) is 2.89. The minimum atomic E-state index is -0.495. The Kier molecular flexibility index (Phi) is 4.59. The summed E-state index contributed by atoms with van der Waals surface area (Å²) in [7, 11) is 0. The van der Waals surface area contributed by atoms with Crippen LogP contribution in [0, 0.1) is 13.8 Å². The van der Waals surface area contributed by atoms with Crippen molar-refractivity contribution in [3.05, 3.63) is 28.8 Å². The van der Waals surface area contributed by atoms with Crippen LogP contribution in [-0.2, 0) is 4.79 Å². The zero-order chi connectivity index (χ0) is 12.6. The Labute approximate surface area is 113 Å². The van der Waals surface area contributed by atoms with Gasteiger partial charge in [-0.1, -0.05) is 12.1 Å². The molecule has 100 valence electrons. The van der Waals surface area contributed by atoms with Crippen LogP contribution in [0.1, 0.15) is 29.7 Å². The monoisotopic (exact) mass is 270 g/mol. The average molecular weight is 271 g/mol. The van der Waals surface area contributed by atoms with E-state index in [0.29, 0.717) is 6.61 Å². The first-order valence-corrected chi connectivity index (χ1v) is 5.79. The number of rotatable bonds is 2. The van der Waals surface area contributed by atoms with Crippen LogP contribution in [0.25, 0.3) is 0 Å². The number of hydrogen-bond acceptors (Lipinski definition) is 3. The van der Waals surface area contributed by atoms with E-state index in [1.54, 1.807) is 6.92 Å². The quantitative estimate of drug-likeness (QED) is 0.858. The predicted molar refractivity (Wildman–Crippen MR) is 73.2 cm³/mol. The van der Waals surface area contributed by atoms with Crippen molar-refractivity contribution in [2.75, 3.05) is 6.61 Å². The van der Waals surface area contributed by atoms with Crippen molar-refractivity contribution < 1.29 is 9.53 Å². The molecule has 0 spiro atoms. The van der Waals surface area contributed by atoms with E-state index in [0.717, 1.165) is 16.9 Å². The maximum absolute atomic E-state index is 11.6. The molecule has 0 radical (unpaired) electrons. The number of carbonyl (C=O) groups excluding carboxylic acids is 1. The van der Waals surface area contributed by atoms with Gasteiger partial charge in [0.15, 0.2) is 0 Å². The average Bonchev–Trinajstić information content (AvgIpc) is 2.67. The summed E-state index contributed by atoms with van der Waals surface area (Å²) in [4.78, 5) is 11.6. The third kappa shape index (κ3) is 2.60. The number of amides is 1. The lowest BCUT2D eigenvalue weighted by molar-refractivity contribution is -0.122. The van der Waals surface area contributed by atoms with Crippen LogP contribution in [0.4, 0.5) is 0 Å². The van der Waals surface area contributed by atoms with E-state index in [1.807, 2.05) is 26.0 Å². The summed E-state index contributed by atoms with van der Waals surface area (Å²) in [6, 6.07) is 3.48. The fourth-order valence-electron chi connectivity index (χ4n) is 1.96. The first kappa shape index (κ1) is 14.8. The number of benzene rings is 1. The van der Waals surface area contributed by atoms with Gasteiger partial charge in [-0.25, -0.2) is 0 Å². The van der Waals surface area contributed by atoms with Crippen molar-refractivity contribution in [2.45, 2.75) is 32.9 Å². The smallest absolute Gasteiger partial charge is 0.237 e. The Morgan fingerprint density at radius 2 is 2.17 bits per heavy atom. The van der Waals surface area contributed by atoms with Crippen molar-refractivity contribution in [1.29, 1.82) is 0 Å². The van der Waals surface area contributed by atoms with E-state index >= 15 is 0 Å². The summed E-state index contributed by atoms with van der Waals surface area (Å²) >= 11 is 0. The summed E-state index contributed by atoms with van der Waals surface area (Å²) in [5.41, 5.74) is 8.91. The number of aryl methyl sites for hydroxylation is 1. The number of carbonyl (C=O) groups is 1. The van der Waals surface area contributed by atoms with Gasteiger partial charge in [0.25, 0.3) is 0 Å². The zero-order valence-corrected chi connectivity index (χ0v) is 11.6. The second-order valence-corrected chi connectivity index (χ2v) is 4.59. The molecule has 1 amide bonds. The Morgan fingerprint density at radius 1 is 1.50 bits per heavy atom. The molecule has 0 aliphatic carbocycles. The zero-order valence-electron chi connectivity index (χ0n) is 10.8. The summed E-state index contributed by atoms with van der Waals surface area (Å²) < 4.78 is 5.65. The molecule has 18 heavy (non-hydrogen) atoms. The molecule has 1 aromatic rings. The molecule has 0 bridgehead atoms. The molecular weight excluding hydrogens is 252 g/mol. The van der Waals surface area contributed by atoms with Crippen LogP contribution in [0.5, 0.6) is 5.75 Å². The summed E-state index contributed by atoms with van der Waals surface area (Å²) in [6.07, 6.45) is 0. The van der Waals surface area contributed by atoms with E-state index in [9.17, 15) is 4.79 Å². The number of hydrogen-bond donors (Lipinski definition) is 2. The van der Waals surface area contributed by atoms with Crippen molar-refractivity contribution in [1.82, 2.24) is 5.32 Å². The highest BCUT2D eigenvalue weighted by Gasteiger charge is 2.27. The lowest BCUT2D eigenvalue weighted by atomic mass is 10.0. The Balaban J connectivity index is 0.00000162. The molecule has 0 saturated carbocycles. The second-order valence-electron chi connectivity index (χ2n) is 4.59. The SMILES string of the molecule is Cc1ccc2c(c1C)OCC2NC(=O)[C@@H](C)N.Cl. The van der Waals surface area contributed by atoms with Crippen molar-refractivity contribution in [3.8, 4) is 5.75 Å². The molecule has 2 atom stereocenters. The lowest BCUT2D eigenvalue weighted by Crippen LogP contribution is -2.40. The van der Waals surface area contributed by atoms with Gasteiger partial charge in [-0.05, 0) is 31.9 Å². The summed E-state index contributed by atoms with van der Waals surface area (Å²) in [6.45, 7) is 6.24. The van der Waals surface area contributed by atoms with E-state index in [4.69, 9.17) is 10.5 Å². The topological polar surface area (TPSA) is 64.3 Å². The normalized spacial score (nSPS) is 18.3. The van der Waals surface area contributed by atoms with Gasteiger partial charge in [0.2, 0.25) is 5.91 Å². The Morgan fingerprint density at radius 3 is 2.78 bits per heavy atom. The molecule has 1 aliphatic heterocycles. The van der Waals surface area contributed by atoms with E-state index in [2.05, 4.69) is 5.32 Å². The van der Waals surface area contributed by atoms with Gasteiger partial charge < -0.3 is 15.8 Å². The molecule has 0 fully saturated rings. The number of nitrogens with two attached hydrogens (primary N) is 1. The molecule has 3 N–H and O–H groups in total. The largest absolute Gasteiger partial charge is 0.490 e. The molecule has 5 heteroatoms. The van der Waals surface area contributed by atoms with Gasteiger partial charge >= 0.3 is 0 Å². The van der Waals surface area contributed by atoms with Gasteiger partial charge in [0, 0.05) is 5.56 Å². The first-order chi connectivity index (χ1) is 8.00. The highest BCUT2D eigenvalue weighted by Crippen LogP contribution is 2.36. The summed E-state index contributed by atoms with van der Waals surface area (Å²) in [5.74, 6) is 0.754. The molecule has 1 aliphatic rings. The maximum Gasteiger partial charge on any atom is 0.237 e. The van der Waals surface area contributed by atoms with Crippen molar-refractivity contribution >= 4 is 18.3 Å². The van der Waals surface area contributed by atoms with Crippen LogP contribution in [0.3, 0.4) is 0 Å². The Hall–Kier alpha value is -1.26. The first-order valence-electron chi connectivity index (χ1n) is 5.79. The fourth-order valence-corrected chi connectivity index (χ4v) is 1.96. The van der Waals surface area contributed by atoms with Crippen LogP contribution < -0.4 is 15.8 Å². The Bertz CT molecular complexity index is 461. The fraction of sp³-hybridized carbons (Fsp3) is 0.462. The maximum atomic E-state index is 11.6. The molecule has 0 aromatic heterocycles. The van der Waals surface area contributed by atoms with Gasteiger partial charge in [-0.3, -0.25) is 4.79 Å². The number of ether oxygens (including phenoxy) is 1. The third-order valence-corrected chi connectivity index (χ3v) is 3.21. The third-order valence-electron chi connectivity index (χ3n) is 3.21. The van der Waals surface area contributed by atoms with Gasteiger partial charge in [0.1, 0.15) is 12.4 Å². The molecule has 2 rings (SSSR count). The highest BCUT2D eigenvalue weighted by molar-refractivity contribution is 5.85. The van der Waals surface area contributed by atoms with Crippen LogP contribution in [-0.4, -0.2) is 18.6 Å². The molecule has 1 heterocycles. The number of fused-ring (bicyclic) bond motifs is 1. The highest BCUT2D eigenvalue weighted by atomic mass is 35.5. The van der Waals surface area contributed by atoms with E-state index < -0.39 is 6.04 Å². The lowest BCUT2D eigenvalue weighted by Gasteiger charge is -2.14. The molecule has 1 aromatic carbocycles. The number of halogens is 1. The predicted octanol–water partition coefficient (Wildman–Crippen LogP) is 1.62. The molecule has 4 nitrogen and oxygen atoms in total.